The van der Waals surface area contributed by atoms with Crippen molar-refractivity contribution in [3.63, 3.8) is 0 Å². The number of nitrogens with two attached hydrogens (primary N) is 1. The molecule has 0 bridgehead atoms. The van der Waals surface area contributed by atoms with E-state index in [-0.39, 0.29) is 11.9 Å². The van der Waals surface area contributed by atoms with E-state index in [0.717, 1.165) is 12.8 Å². The molecule has 1 atom stereocenters. The van der Waals surface area contributed by atoms with Crippen molar-refractivity contribution in [3.8, 4) is 0 Å². The van der Waals surface area contributed by atoms with Crippen LogP contribution in [-0.4, -0.2) is 23.3 Å². The van der Waals surface area contributed by atoms with Crippen LogP contribution in [0.25, 0.3) is 0 Å². The summed E-state index contributed by atoms with van der Waals surface area (Å²) in [6.45, 7) is 2.81. The SMILES string of the molecule is CC[C@@H]1c2ccsc2CCN1C(=O)c1cccc(C(N)=O)c1. The van der Waals surface area contributed by atoms with E-state index in [9.17, 15) is 9.59 Å². The quantitative estimate of drug-likeness (QED) is 0.946. The number of benzene rings is 1. The molecule has 2 heterocycles. The monoisotopic (exact) mass is 314 g/mol. The zero-order valence-electron chi connectivity index (χ0n) is 12.4. The van der Waals surface area contributed by atoms with Crippen molar-refractivity contribution in [3.05, 3.63) is 57.3 Å². The normalized spacial score (nSPS) is 17.1. The lowest BCUT2D eigenvalue weighted by atomic mass is 9.96. The molecule has 0 aliphatic carbocycles. The summed E-state index contributed by atoms with van der Waals surface area (Å²) in [5.41, 5.74) is 7.45. The van der Waals surface area contributed by atoms with E-state index in [4.69, 9.17) is 5.73 Å². The maximum absolute atomic E-state index is 12.9. The number of thiophene rings is 1. The largest absolute Gasteiger partial charge is 0.366 e. The first-order valence-corrected chi connectivity index (χ1v) is 8.27. The second-order valence-electron chi connectivity index (χ2n) is 5.42. The van der Waals surface area contributed by atoms with Gasteiger partial charge in [-0.1, -0.05) is 13.0 Å². The summed E-state index contributed by atoms with van der Waals surface area (Å²) in [6, 6.07) is 8.89. The van der Waals surface area contributed by atoms with E-state index in [1.54, 1.807) is 35.6 Å². The van der Waals surface area contributed by atoms with Crippen molar-refractivity contribution < 1.29 is 9.59 Å². The van der Waals surface area contributed by atoms with E-state index < -0.39 is 5.91 Å². The van der Waals surface area contributed by atoms with Gasteiger partial charge in [0.2, 0.25) is 5.91 Å². The van der Waals surface area contributed by atoms with Crippen LogP contribution in [-0.2, 0) is 6.42 Å². The molecule has 2 amide bonds. The number of primary amides is 1. The highest BCUT2D eigenvalue weighted by atomic mass is 32.1. The molecule has 1 aromatic carbocycles. The molecule has 0 unspecified atom stereocenters. The Morgan fingerprint density at radius 1 is 1.32 bits per heavy atom. The average Bonchev–Trinajstić information content (AvgIpc) is 3.01. The van der Waals surface area contributed by atoms with Crippen LogP contribution in [0.2, 0.25) is 0 Å². The number of fused-ring (bicyclic) bond motifs is 1. The van der Waals surface area contributed by atoms with Crippen LogP contribution >= 0.6 is 11.3 Å². The Balaban J connectivity index is 1.92. The van der Waals surface area contributed by atoms with Gasteiger partial charge in [-0.15, -0.1) is 11.3 Å². The lowest BCUT2D eigenvalue weighted by molar-refractivity contribution is 0.0657. The maximum Gasteiger partial charge on any atom is 0.254 e. The molecule has 114 valence electrons. The molecule has 3 rings (SSSR count). The summed E-state index contributed by atoms with van der Waals surface area (Å²) < 4.78 is 0. The Morgan fingerprint density at radius 3 is 2.82 bits per heavy atom. The van der Waals surface area contributed by atoms with Gasteiger partial charge in [0.05, 0.1) is 6.04 Å². The van der Waals surface area contributed by atoms with Gasteiger partial charge in [0.1, 0.15) is 0 Å². The Labute approximate surface area is 133 Å². The number of carbonyl (C=O) groups excluding carboxylic acids is 2. The van der Waals surface area contributed by atoms with Gasteiger partial charge in [-0.3, -0.25) is 9.59 Å². The molecule has 0 fully saturated rings. The van der Waals surface area contributed by atoms with Gasteiger partial charge in [0.15, 0.2) is 0 Å². The first-order chi connectivity index (χ1) is 10.6. The molecule has 0 saturated heterocycles. The third kappa shape index (κ3) is 2.52. The number of carbonyl (C=O) groups is 2. The summed E-state index contributed by atoms with van der Waals surface area (Å²) in [5, 5.41) is 2.09. The zero-order chi connectivity index (χ0) is 15.7. The Hall–Kier alpha value is -2.14. The Kier molecular flexibility index (Phi) is 3.98. The fourth-order valence-electron chi connectivity index (χ4n) is 3.05. The number of rotatable bonds is 3. The summed E-state index contributed by atoms with van der Waals surface area (Å²) in [5.74, 6) is -0.549. The molecular weight excluding hydrogens is 296 g/mol. The van der Waals surface area contributed by atoms with E-state index >= 15 is 0 Å². The second-order valence-corrected chi connectivity index (χ2v) is 6.42. The third-order valence-electron chi connectivity index (χ3n) is 4.14. The zero-order valence-corrected chi connectivity index (χ0v) is 13.2. The highest BCUT2D eigenvalue weighted by Crippen LogP contribution is 2.35. The molecule has 0 saturated carbocycles. The van der Waals surface area contributed by atoms with Gasteiger partial charge >= 0.3 is 0 Å². The van der Waals surface area contributed by atoms with Crippen LogP contribution in [0.5, 0.6) is 0 Å². The van der Waals surface area contributed by atoms with Crippen LogP contribution in [0, 0.1) is 0 Å². The fourth-order valence-corrected chi connectivity index (χ4v) is 3.98. The lowest BCUT2D eigenvalue weighted by Crippen LogP contribution is -2.39. The molecule has 0 spiro atoms. The van der Waals surface area contributed by atoms with Crippen molar-refractivity contribution in [2.24, 2.45) is 5.73 Å². The van der Waals surface area contributed by atoms with Gasteiger partial charge < -0.3 is 10.6 Å². The van der Waals surface area contributed by atoms with Crippen LogP contribution in [0.4, 0.5) is 0 Å². The van der Waals surface area contributed by atoms with Crippen molar-refractivity contribution in [1.82, 2.24) is 4.90 Å². The number of nitrogens with zero attached hydrogens (tertiary/aromatic N) is 1. The van der Waals surface area contributed by atoms with Gasteiger partial charge in [-0.05, 0) is 48.1 Å². The summed E-state index contributed by atoms with van der Waals surface area (Å²) in [4.78, 5) is 27.4. The predicted molar refractivity (Wildman–Crippen MR) is 87.1 cm³/mol. The predicted octanol–water partition coefficient (Wildman–Crippen LogP) is 3.00. The van der Waals surface area contributed by atoms with Gasteiger partial charge in [0, 0.05) is 22.5 Å². The standard InChI is InChI=1S/C17H18N2O2S/c1-2-14-13-7-9-22-15(13)6-8-19(14)17(21)12-5-3-4-11(10-12)16(18)20/h3-5,7,9-10,14H,2,6,8H2,1H3,(H2,18,20)/t14-/m1/s1. The molecule has 1 aliphatic rings. The highest BCUT2D eigenvalue weighted by molar-refractivity contribution is 7.10. The second kappa shape index (κ2) is 5.93. The van der Waals surface area contributed by atoms with Crippen molar-refractivity contribution in [1.29, 1.82) is 0 Å². The average molecular weight is 314 g/mol. The fraction of sp³-hybridized carbons (Fsp3) is 0.294. The molecule has 0 radical (unpaired) electrons. The summed E-state index contributed by atoms with van der Waals surface area (Å²) in [6.07, 6.45) is 1.77. The summed E-state index contributed by atoms with van der Waals surface area (Å²) >= 11 is 1.76. The molecule has 2 aromatic rings. The maximum atomic E-state index is 12.9. The van der Waals surface area contributed by atoms with E-state index in [1.807, 2.05) is 4.90 Å². The molecule has 2 N–H and O–H groups in total. The molecule has 4 nitrogen and oxygen atoms in total. The van der Waals surface area contributed by atoms with E-state index in [0.29, 0.717) is 17.7 Å². The van der Waals surface area contributed by atoms with Gasteiger partial charge in [-0.2, -0.15) is 0 Å². The molecule has 22 heavy (non-hydrogen) atoms. The number of hydrogen-bond acceptors (Lipinski definition) is 3. The minimum Gasteiger partial charge on any atom is -0.366 e. The highest BCUT2D eigenvalue weighted by Gasteiger charge is 2.30. The molecule has 1 aromatic heterocycles. The minimum absolute atomic E-state index is 0.0354. The van der Waals surface area contributed by atoms with Crippen LogP contribution in [0.3, 0.4) is 0 Å². The third-order valence-corrected chi connectivity index (χ3v) is 5.13. The van der Waals surface area contributed by atoms with E-state index in [2.05, 4.69) is 18.4 Å². The van der Waals surface area contributed by atoms with Crippen molar-refractivity contribution >= 4 is 23.2 Å². The van der Waals surface area contributed by atoms with Crippen LogP contribution in [0.1, 0.15) is 50.5 Å². The van der Waals surface area contributed by atoms with Crippen molar-refractivity contribution in [2.75, 3.05) is 6.54 Å². The van der Waals surface area contributed by atoms with Crippen LogP contribution < -0.4 is 5.73 Å². The minimum atomic E-state index is -0.513. The smallest absolute Gasteiger partial charge is 0.254 e. The number of hydrogen-bond donors (Lipinski definition) is 1. The van der Waals surface area contributed by atoms with E-state index in [1.165, 1.54) is 10.4 Å². The topological polar surface area (TPSA) is 63.4 Å². The van der Waals surface area contributed by atoms with Gasteiger partial charge in [-0.25, -0.2) is 0 Å². The Bertz CT molecular complexity index is 723. The number of amides is 2. The molecule has 5 heteroatoms. The first-order valence-electron chi connectivity index (χ1n) is 7.39. The van der Waals surface area contributed by atoms with Crippen molar-refractivity contribution in [2.45, 2.75) is 25.8 Å². The molecular formula is C17H18N2O2S. The Morgan fingerprint density at radius 2 is 2.09 bits per heavy atom. The lowest BCUT2D eigenvalue weighted by Gasteiger charge is -2.35. The first kappa shape index (κ1) is 14.8. The van der Waals surface area contributed by atoms with Crippen LogP contribution in [0.15, 0.2) is 35.7 Å². The van der Waals surface area contributed by atoms with Gasteiger partial charge in [0.25, 0.3) is 5.91 Å². The molecule has 1 aliphatic heterocycles. The summed E-state index contributed by atoms with van der Waals surface area (Å²) in [7, 11) is 0.